The zero-order valence-electron chi connectivity index (χ0n) is 10.7. The lowest BCUT2D eigenvalue weighted by Crippen LogP contribution is -2.03. The molecule has 0 atom stereocenters. The Morgan fingerprint density at radius 3 is 2.32 bits per heavy atom. The maximum absolute atomic E-state index is 11.4. The van der Waals surface area contributed by atoms with Crippen molar-refractivity contribution >= 4 is 28.0 Å². The fourth-order valence-electron chi connectivity index (χ4n) is 1.42. The maximum atomic E-state index is 11.4. The Balaban J connectivity index is 3.44. The van der Waals surface area contributed by atoms with Crippen LogP contribution >= 0.6 is 15.9 Å². The van der Waals surface area contributed by atoms with E-state index in [2.05, 4.69) is 20.7 Å². The normalized spacial score (nSPS) is 10.6. The molecule has 0 spiro atoms. The van der Waals surface area contributed by atoms with Crippen LogP contribution in [-0.4, -0.2) is 27.3 Å². The molecule has 0 radical (unpaired) electrons. The second kappa shape index (κ2) is 6.81. The minimum Gasteiger partial charge on any atom is -0.496 e. The third-order valence-corrected chi connectivity index (χ3v) is 3.18. The Morgan fingerprint density at radius 2 is 1.84 bits per heavy atom. The van der Waals surface area contributed by atoms with Crippen LogP contribution in [0.4, 0.5) is 0 Å². The van der Waals surface area contributed by atoms with Gasteiger partial charge in [0, 0.05) is 5.56 Å². The summed E-state index contributed by atoms with van der Waals surface area (Å²) in [6, 6.07) is 5.18. The molecule has 0 amide bonds. The predicted octanol–water partition coefficient (Wildman–Crippen LogP) is 2.55. The minimum absolute atomic E-state index is 0.130. The molecule has 19 heavy (non-hydrogen) atoms. The Kier molecular flexibility index (Phi) is 5.39. The van der Waals surface area contributed by atoms with Crippen LogP contribution in [0.15, 0.2) is 22.2 Å². The summed E-state index contributed by atoms with van der Waals surface area (Å²) in [5.41, 5.74) is 0.401. The van der Waals surface area contributed by atoms with Crippen molar-refractivity contribution in [3.63, 3.8) is 0 Å². The predicted molar refractivity (Wildman–Crippen MR) is 72.9 cm³/mol. The summed E-state index contributed by atoms with van der Waals surface area (Å²) in [6.07, 6.45) is 1.39. The number of carbonyl (C=O) groups is 1. The van der Waals surface area contributed by atoms with E-state index in [0.29, 0.717) is 21.5 Å². The van der Waals surface area contributed by atoms with Crippen LogP contribution in [-0.2, 0) is 9.53 Å². The average Bonchev–Trinajstić information content (AvgIpc) is 2.44. The molecule has 0 heterocycles. The molecule has 0 N–H and O–H groups in total. The van der Waals surface area contributed by atoms with Gasteiger partial charge in [0.25, 0.3) is 0 Å². The van der Waals surface area contributed by atoms with E-state index in [9.17, 15) is 4.79 Å². The largest absolute Gasteiger partial charge is 0.496 e. The number of ether oxygens (including phenoxy) is 3. The number of rotatable bonds is 4. The third kappa shape index (κ3) is 3.26. The first-order valence-corrected chi connectivity index (χ1v) is 5.98. The number of hydrogen-bond acceptors (Lipinski definition) is 5. The highest BCUT2D eigenvalue weighted by molar-refractivity contribution is 9.10. The van der Waals surface area contributed by atoms with Gasteiger partial charge in [-0.2, -0.15) is 5.26 Å². The lowest BCUT2D eigenvalue weighted by atomic mass is 10.1. The van der Waals surface area contributed by atoms with Crippen LogP contribution in [0.5, 0.6) is 11.5 Å². The van der Waals surface area contributed by atoms with Crippen molar-refractivity contribution in [3.05, 3.63) is 27.7 Å². The molecule has 0 aliphatic rings. The fraction of sp³-hybridized carbons (Fsp3) is 0.231. The van der Waals surface area contributed by atoms with Gasteiger partial charge in [-0.1, -0.05) is 0 Å². The standard InChI is InChI=1S/C13H12BrNO4/c1-17-10-4-5-11(18-2)12(14)9(10)6-8(7-15)13(16)19-3/h4-6H,1-3H3. The highest BCUT2D eigenvalue weighted by Crippen LogP contribution is 2.36. The van der Waals surface area contributed by atoms with E-state index in [1.165, 1.54) is 27.4 Å². The summed E-state index contributed by atoms with van der Waals surface area (Å²) < 4.78 is 15.5. The molecule has 100 valence electrons. The molecule has 0 aromatic heterocycles. The molecule has 0 saturated carbocycles. The molecular formula is C13H12BrNO4. The molecule has 1 aromatic rings. The summed E-state index contributed by atoms with van der Waals surface area (Å²) in [5.74, 6) is 0.359. The Bertz CT molecular complexity index is 560. The van der Waals surface area contributed by atoms with Crippen molar-refractivity contribution in [1.82, 2.24) is 0 Å². The molecule has 0 saturated heterocycles. The monoisotopic (exact) mass is 325 g/mol. The van der Waals surface area contributed by atoms with Crippen molar-refractivity contribution in [2.24, 2.45) is 0 Å². The molecule has 0 unspecified atom stereocenters. The van der Waals surface area contributed by atoms with Crippen molar-refractivity contribution in [1.29, 1.82) is 5.26 Å². The second-order valence-electron chi connectivity index (χ2n) is 3.36. The van der Waals surface area contributed by atoms with Gasteiger partial charge >= 0.3 is 5.97 Å². The first-order valence-electron chi connectivity index (χ1n) is 5.19. The van der Waals surface area contributed by atoms with Gasteiger partial charge in [-0.15, -0.1) is 0 Å². The van der Waals surface area contributed by atoms with E-state index >= 15 is 0 Å². The van der Waals surface area contributed by atoms with Crippen LogP contribution in [0, 0.1) is 11.3 Å². The quantitative estimate of drug-likeness (QED) is 0.483. The molecule has 1 rings (SSSR count). The highest BCUT2D eigenvalue weighted by atomic mass is 79.9. The van der Waals surface area contributed by atoms with E-state index < -0.39 is 5.97 Å². The molecular weight excluding hydrogens is 314 g/mol. The van der Waals surface area contributed by atoms with E-state index in [4.69, 9.17) is 14.7 Å². The number of nitrogens with zero attached hydrogens (tertiary/aromatic N) is 1. The molecule has 5 nitrogen and oxygen atoms in total. The lowest BCUT2D eigenvalue weighted by molar-refractivity contribution is -0.135. The maximum Gasteiger partial charge on any atom is 0.348 e. The molecule has 0 fully saturated rings. The summed E-state index contributed by atoms with van der Waals surface area (Å²) in [7, 11) is 4.23. The van der Waals surface area contributed by atoms with Gasteiger partial charge in [0.2, 0.25) is 0 Å². The molecule has 0 aliphatic carbocycles. The zero-order chi connectivity index (χ0) is 14.4. The Hall–Kier alpha value is -2.00. The van der Waals surface area contributed by atoms with Gasteiger partial charge < -0.3 is 14.2 Å². The van der Waals surface area contributed by atoms with Crippen LogP contribution < -0.4 is 9.47 Å². The van der Waals surface area contributed by atoms with Crippen LogP contribution in [0.2, 0.25) is 0 Å². The SMILES string of the molecule is COC(=O)C(C#N)=Cc1c(OC)ccc(OC)c1Br. The van der Waals surface area contributed by atoms with Gasteiger partial charge in [0.1, 0.15) is 23.1 Å². The minimum atomic E-state index is -0.709. The van der Waals surface area contributed by atoms with Crippen molar-refractivity contribution < 1.29 is 19.0 Å². The van der Waals surface area contributed by atoms with E-state index in [-0.39, 0.29) is 5.57 Å². The second-order valence-corrected chi connectivity index (χ2v) is 4.15. The Morgan fingerprint density at radius 1 is 1.26 bits per heavy atom. The number of nitriles is 1. The molecule has 0 bridgehead atoms. The number of benzene rings is 1. The number of hydrogen-bond donors (Lipinski definition) is 0. The third-order valence-electron chi connectivity index (χ3n) is 2.36. The first kappa shape index (κ1) is 15.1. The van der Waals surface area contributed by atoms with E-state index in [0.717, 1.165) is 0 Å². The highest BCUT2D eigenvalue weighted by Gasteiger charge is 2.15. The summed E-state index contributed by atoms with van der Waals surface area (Å²) >= 11 is 3.35. The lowest BCUT2D eigenvalue weighted by Gasteiger charge is -2.11. The van der Waals surface area contributed by atoms with Crippen molar-refractivity contribution in [2.75, 3.05) is 21.3 Å². The van der Waals surface area contributed by atoms with Gasteiger partial charge in [-0.05, 0) is 34.1 Å². The van der Waals surface area contributed by atoms with Gasteiger partial charge in [-0.3, -0.25) is 0 Å². The summed E-state index contributed by atoms with van der Waals surface area (Å²) in [4.78, 5) is 11.4. The first-order chi connectivity index (χ1) is 9.08. The number of carbonyl (C=O) groups excluding carboxylic acids is 1. The van der Waals surface area contributed by atoms with Crippen molar-refractivity contribution in [2.45, 2.75) is 0 Å². The average molecular weight is 326 g/mol. The van der Waals surface area contributed by atoms with Crippen LogP contribution in [0.1, 0.15) is 5.56 Å². The number of esters is 1. The zero-order valence-corrected chi connectivity index (χ0v) is 12.3. The van der Waals surface area contributed by atoms with Gasteiger partial charge in [0.15, 0.2) is 0 Å². The molecule has 0 aliphatic heterocycles. The van der Waals surface area contributed by atoms with Crippen LogP contribution in [0.25, 0.3) is 6.08 Å². The fourth-order valence-corrected chi connectivity index (χ4v) is 2.02. The number of methoxy groups -OCH3 is 3. The molecule has 1 aromatic carbocycles. The van der Waals surface area contributed by atoms with E-state index in [1.54, 1.807) is 18.2 Å². The smallest absolute Gasteiger partial charge is 0.348 e. The summed E-state index contributed by atoms with van der Waals surface area (Å²) in [5, 5.41) is 8.96. The number of halogens is 1. The van der Waals surface area contributed by atoms with Crippen LogP contribution in [0.3, 0.4) is 0 Å². The summed E-state index contributed by atoms with van der Waals surface area (Å²) in [6.45, 7) is 0. The van der Waals surface area contributed by atoms with Crippen molar-refractivity contribution in [3.8, 4) is 17.6 Å². The van der Waals surface area contributed by atoms with Gasteiger partial charge in [-0.25, -0.2) is 4.79 Å². The topological polar surface area (TPSA) is 68.6 Å². The van der Waals surface area contributed by atoms with Gasteiger partial charge in [0.05, 0.1) is 25.8 Å². The Labute approximate surface area is 119 Å². The van der Waals surface area contributed by atoms with E-state index in [1.807, 2.05) is 0 Å². The molecule has 6 heteroatoms.